The Morgan fingerprint density at radius 1 is 1.15 bits per heavy atom. The second-order valence-electron chi connectivity index (χ2n) is 4.22. The minimum Gasteiger partial charge on any atom is -0.506 e. The first-order valence-electron chi connectivity index (χ1n) is 5.77. The molecule has 2 aromatic heterocycles. The maximum atomic E-state index is 12.2. The van der Waals surface area contributed by atoms with E-state index in [1.807, 2.05) is 0 Å². The van der Waals surface area contributed by atoms with Crippen LogP contribution < -0.4 is 5.56 Å². The second kappa shape index (κ2) is 4.64. The molecule has 0 aliphatic heterocycles. The van der Waals surface area contributed by atoms with E-state index in [1.165, 1.54) is 6.20 Å². The minimum atomic E-state index is -0.712. The number of fused-ring (bicyclic) bond motifs is 1. The van der Waals surface area contributed by atoms with Gasteiger partial charge in [0.25, 0.3) is 5.56 Å². The third-order valence-corrected chi connectivity index (χ3v) is 3.55. The highest BCUT2D eigenvalue weighted by atomic mass is 79.9. The van der Waals surface area contributed by atoms with E-state index in [9.17, 15) is 15.1 Å². The van der Waals surface area contributed by atoms with Gasteiger partial charge >= 0.3 is 0 Å². The Morgan fingerprint density at radius 3 is 2.55 bits per heavy atom. The lowest BCUT2D eigenvalue weighted by Gasteiger charge is -2.09. The van der Waals surface area contributed by atoms with E-state index in [0.717, 1.165) is 4.47 Å². The van der Waals surface area contributed by atoms with Crippen molar-refractivity contribution in [3.8, 4) is 16.9 Å². The standard InChI is InChI=1S/C14H9BrN2O3/c15-9-5-3-8(4-6-9)11-12(18)10-2-1-7-16-13(10)17(20)14(11)19/h1-7,18,20H. The molecule has 0 fully saturated rings. The lowest BCUT2D eigenvalue weighted by atomic mass is 10.0. The van der Waals surface area contributed by atoms with E-state index < -0.39 is 5.56 Å². The van der Waals surface area contributed by atoms with Crippen LogP contribution in [0.3, 0.4) is 0 Å². The van der Waals surface area contributed by atoms with Crippen molar-refractivity contribution in [2.45, 2.75) is 0 Å². The molecule has 0 atom stereocenters. The number of hydrogen-bond acceptors (Lipinski definition) is 4. The summed E-state index contributed by atoms with van der Waals surface area (Å²) in [6.07, 6.45) is 1.44. The molecular formula is C14H9BrN2O3. The van der Waals surface area contributed by atoms with Gasteiger partial charge in [-0.1, -0.05) is 28.1 Å². The Bertz CT molecular complexity index is 857. The van der Waals surface area contributed by atoms with Gasteiger partial charge in [0, 0.05) is 10.7 Å². The van der Waals surface area contributed by atoms with Crippen molar-refractivity contribution in [3.63, 3.8) is 0 Å². The zero-order chi connectivity index (χ0) is 14.3. The molecule has 20 heavy (non-hydrogen) atoms. The fraction of sp³-hybridized carbons (Fsp3) is 0. The summed E-state index contributed by atoms with van der Waals surface area (Å²) in [6.45, 7) is 0. The van der Waals surface area contributed by atoms with Crippen molar-refractivity contribution in [2.24, 2.45) is 0 Å². The van der Waals surface area contributed by atoms with Crippen LogP contribution in [0.15, 0.2) is 51.9 Å². The molecule has 0 bridgehead atoms. The van der Waals surface area contributed by atoms with Crippen molar-refractivity contribution in [3.05, 3.63) is 57.4 Å². The number of aromatic hydroxyl groups is 1. The Labute approximate surface area is 121 Å². The summed E-state index contributed by atoms with van der Waals surface area (Å²) < 4.78 is 1.31. The second-order valence-corrected chi connectivity index (χ2v) is 5.14. The summed E-state index contributed by atoms with van der Waals surface area (Å²) in [5.74, 6) is -0.189. The Kier molecular flexibility index (Phi) is 2.94. The van der Waals surface area contributed by atoms with Crippen LogP contribution in [0.2, 0.25) is 0 Å². The minimum absolute atomic E-state index is 0.0239. The maximum absolute atomic E-state index is 12.2. The maximum Gasteiger partial charge on any atom is 0.296 e. The van der Waals surface area contributed by atoms with E-state index in [0.29, 0.717) is 15.7 Å². The van der Waals surface area contributed by atoms with Gasteiger partial charge in [0.15, 0.2) is 5.65 Å². The smallest absolute Gasteiger partial charge is 0.296 e. The van der Waals surface area contributed by atoms with E-state index in [-0.39, 0.29) is 17.0 Å². The van der Waals surface area contributed by atoms with Gasteiger partial charge in [-0.25, -0.2) is 4.98 Å². The van der Waals surface area contributed by atoms with Crippen LogP contribution in [0.25, 0.3) is 22.2 Å². The molecule has 0 aliphatic carbocycles. The summed E-state index contributed by atoms with van der Waals surface area (Å²) in [5.41, 5.74) is -0.128. The van der Waals surface area contributed by atoms with E-state index >= 15 is 0 Å². The number of nitrogens with zero attached hydrogens (tertiary/aromatic N) is 2. The van der Waals surface area contributed by atoms with Crippen LogP contribution in [0.4, 0.5) is 0 Å². The van der Waals surface area contributed by atoms with Crippen LogP contribution in [0.5, 0.6) is 5.75 Å². The lowest BCUT2D eigenvalue weighted by molar-refractivity contribution is 0.186. The van der Waals surface area contributed by atoms with Gasteiger partial charge < -0.3 is 10.3 Å². The topological polar surface area (TPSA) is 75.3 Å². The average molecular weight is 333 g/mol. The zero-order valence-electron chi connectivity index (χ0n) is 10.1. The average Bonchev–Trinajstić information content (AvgIpc) is 2.47. The molecule has 0 amide bonds. The number of benzene rings is 1. The Hall–Kier alpha value is -2.34. The first-order chi connectivity index (χ1) is 9.59. The van der Waals surface area contributed by atoms with Crippen LogP contribution >= 0.6 is 15.9 Å². The van der Waals surface area contributed by atoms with E-state index in [4.69, 9.17) is 0 Å². The molecule has 3 rings (SSSR count). The van der Waals surface area contributed by atoms with Crippen LogP contribution in [-0.2, 0) is 0 Å². The molecule has 2 heterocycles. The summed E-state index contributed by atoms with van der Waals surface area (Å²) in [4.78, 5) is 16.1. The molecule has 0 unspecified atom stereocenters. The number of rotatable bonds is 1. The molecule has 0 radical (unpaired) electrons. The van der Waals surface area contributed by atoms with Crippen molar-refractivity contribution in [1.82, 2.24) is 9.71 Å². The molecule has 5 nitrogen and oxygen atoms in total. The Balaban J connectivity index is 2.42. The molecular weight excluding hydrogens is 324 g/mol. The highest BCUT2D eigenvalue weighted by molar-refractivity contribution is 9.10. The SMILES string of the molecule is O=c1c(-c2ccc(Br)cc2)c(O)c2cccnc2n1O. The van der Waals surface area contributed by atoms with Crippen LogP contribution in [0, 0.1) is 0 Å². The first-order valence-corrected chi connectivity index (χ1v) is 6.57. The van der Waals surface area contributed by atoms with Crippen molar-refractivity contribution in [1.29, 1.82) is 0 Å². The van der Waals surface area contributed by atoms with Gasteiger partial charge in [-0.15, -0.1) is 4.73 Å². The Morgan fingerprint density at radius 2 is 1.85 bits per heavy atom. The molecule has 100 valence electrons. The van der Waals surface area contributed by atoms with E-state index in [2.05, 4.69) is 20.9 Å². The fourth-order valence-corrected chi connectivity index (χ4v) is 2.33. The summed E-state index contributed by atoms with van der Waals surface area (Å²) in [5, 5.41) is 20.5. The number of hydrogen-bond donors (Lipinski definition) is 2. The number of halogens is 1. The lowest BCUT2D eigenvalue weighted by Crippen LogP contribution is -2.20. The molecule has 2 N–H and O–H groups in total. The summed E-state index contributed by atoms with van der Waals surface area (Å²) in [7, 11) is 0. The zero-order valence-corrected chi connectivity index (χ0v) is 11.7. The molecule has 0 saturated heterocycles. The van der Waals surface area contributed by atoms with Crippen molar-refractivity contribution in [2.75, 3.05) is 0 Å². The molecule has 1 aromatic carbocycles. The van der Waals surface area contributed by atoms with Crippen molar-refractivity contribution < 1.29 is 10.3 Å². The van der Waals surface area contributed by atoms with Gasteiger partial charge in [-0.3, -0.25) is 4.79 Å². The number of pyridine rings is 2. The summed E-state index contributed by atoms with van der Waals surface area (Å²) >= 11 is 3.30. The highest BCUT2D eigenvalue weighted by Crippen LogP contribution is 2.32. The molecule has 6 heteroatoms. The molecule has 0 aliphatic rings. The number of aromatic nitrogens is 2. The highest BCUT2D eigenvalue weighted by Gasteiger charge is 2.17. The van der Waals surface area contributed by atoms with Gasteiger partial charge in [0.1, 0.15) is 5.75 Å². The normalized spacial score (nSPS) is 10.8. The molecule has 0 spiro atoms. The molecule has 0 saturated carbocycles. The summed E-state index contributed by atoms with van der Waals surface area (Å²) in [6, 6.07) is 10.1. The molecule has 3 aromatic rings. The third kappa shape index (κ3) is 1.85. The third-order valence-electron chi connectivity index (χ3n) is 3.02. The van der Waals surface area contributed by atoms with Crippen LogP contribution in [0.1, 0.15) is 0 Å². The first kappa shape index (κ1) is 12.7. The van der Waals surface area contributed by atoms with Gasteiger partial charge in [0.05, 0.1) is 10.9 Å². The van der Waals surface area contributed by atoms with Gasteiger partial charge in [0.2, 0.25) is 0 Å². The quantitative estimate of drug-likeness (QED) is 0.672. The van der Waals surface area contributed by atoms with Gasteiger partial charge in [-0.05, 0) is 29.8 Å². The van der Waals surface area contributed by atoms with E-state index in [1.54, 1.807) is 36.4 Å². The predicted molar refractivity (Wildman–Crippen MR) is 78.0 cm³/mol. The van der Waals surface area contributed by atoms with Crippen LogP contribution in [-0.4, -0.2) is 20.0 Å². The van der Waals surface area contributed by atoms with Crippen molar-refractivity contribution >= 4 is 27.0 Å². The predicted octanol–water partition coefficient (Wildman–Crippen LogP) is 2.77. The largest absolute Gasteiger partial charge is 0.506 e. The van der Waals surface area contributed by atoms with Gasteiger partial charge in [-0.2, -0.15) is 0 Å². The monoisotopic (exact) mass is 332 g/mol. The fourth-order valence-electron chi connectivity index (χ4n) is 2.07.